The van der Waals surface area contributed by atoms with E-state index in [0.717, 1.165) is 28.8 Å². The molecule has 0 saturated heterocycles. The number of nitro benzene ring substituents is 1. The molecular formula is C14H12N2O3S. The molecule has 0 bridgehead atoms. The number of fused-ring (bicyclic) bond motifs is 1. The number of nitrogens with zero attached hydrogens (tertiary/aromatic N) is 2. The number of aryl methyl sites for hydroxylation is 2. The Balaban J connectivity index is 2.11. The standard InChI is InChI=1S/C14H12N2O3S/c1-8-5-6-9(16(18)19)7-10(8)14-15-13-11(17)3-2-4-12(13)20-14/h5-7H,2-4H2,1H3. The maximum atomic E-state index is 11.8. The normalized spacial score (nSPS) is 14.2. The molecule has 0 saturated carbocycles. The Bertz CT molecular complexity index is 721. The molecular weight excluding hydrogens is 276 g/mol. The molecule has 0 aliphatic heterocycles. The number of rotatable bonds is 2. The highest BCUT2D eigenvalue weighted by Crippen LogP contribution is 2.35. The second-order valence-electron chi connectivity index (χ2n) is 4.82. The Morgan fingerprint density at radius 2 is 2.15 bits per heavy atom. The average Bonchev–Trinajstić information content (AvgIpc) is 2.84. The molecule has 0 amide bonds. The molecule has 2 aromatic rings. The summed E-state index contributed by atoms with van der Waals surface area (Å²) in [4.78, 5) is 27.7. The number of aromatic nitrogens is 1. The van der Waals surface area contributed by atoms with E-state index in [9.17, 15) is 14.9 Å². The number of hydrogen-bond donors (Lipinski definition) is 0. The number of carbonyl (C=O) groups is 1. The monoisotopic (exact) mass is 288 g/mol. The lowest BCUT2D eigenvalue weighted by Crippen LogP contribution is -2.08. The van der Waals surface area contributed by atoms with Crippen LogP contribution in [0.15, 0.2) is 18.2 Å². The fraction of sp³-hybridized carbons (Fsp3) is 0.286. The Labute approximate surface area is 119 Å². The fourth-order valence-corrected chi connectivity index (χ4v) is 3.54. The average molecular weight is 288 g/mol. The molecule has 3 rings (SSSR count). The van der Waals surface area contributed by atoms with Gasteiger partial charge in [-0.15, -0.1) is 11.3 Å². The van der Waals surface area contributed by atoms with Gasteiger partial charge in [-0.05, 0) is 25.3 Å². The SMILES string of the molecule is Cc1ccc([N+](=O)[O-])cc1-c1nc2c(s1)CCCC2=O. The first-order chi connectivity index (χ1) is 9.56. The molecule has 0 spiro atoms. The van der Waals surface area contributed by atoms with Gasteiger partial charge >= 0.3 is 0 Å². The largest absolute Gasteiger partial charge is 0.292 e. The van der Waals surface area contributed by atoms with Crippen molar-refractivity contribution in [1.29, 1.82) is 0 Å². The van der Waals surface area contributed by atoms with E-state index in [4.69, 9.17) is 0 Å². The molecule has 20 heavy (non-hydrogen) atoms. The first-order valence-electron chi connectivity index (χ1n) is 6.34. The minimum atomic E-state index is -0.415. The lowest BCUT2D eigenvalue weighted by molar-refractivity contribution is -0.384. The number of Topliss-reactive ketones (excluding diaryl/α,β-unsaturated/α-hetero) is 1. The molecule has 0 radical (unpaired) electrons. The summed E-state index contributed by atoms with van der Waals surface area (Å²) < 4.78 is 0. The summed E-state index contributed by atoms with van der Waals surface area (Å²) in [5.74, 6) is 0.0804. The van der Waals surface area contributed by atoms with Crippen LogP contribution in [0, 0.1) is 17.0 Å². The van der Waals surface area contributed by atoms with Crippen LogP contribution in [0.4, 0.5) is 5.69 Å². The van der Waals surface area contributed by atoms with Gasteiger partial charge in [-0.3, -0.25) is 14.9 Å². The molecule has 0 unspecified atom stereocenters. The van der Waals surface area contributed by atoms with E-state index in [0.29, 0.717) is 17.1 Å². The van der Waals surface area contributed by atoms with Crippen molar-refractivity contribution in [3.05, 3.63) is 44.4 Å². The van der Waals surface area contributed by atoms with Crippen LogP contribution in [0.3, 0.4) is 0 Å². The zero-order valence-electron chi connectivity index (χ0n) is 10.9. The zero-order valence-corrected chi connectivity index (χ0v) is 11.7. The van der Waals surface area contributed by atoms with E-state index in [1.54, 1.807) is 6.07 Å². The Hall–Kier alpha value is -2.08. The van der Waals surface area contributed by atoms with Crippen molar-refractivity contribution >= 4 is 22.8 Å². The van der Waals surface area contributed by atoms with Crippen molar-refractivity contribution in [2.75, 3.05) is 0 Å². The van der Waals surface area contributed by atoms with Gasteiger partial charge in [0.25, 0.3) is 5.69 Å². The smallest absolute Gasteiger partial charge is 0.270 e. The van der Waals surface area contributed by atoms with E-state index in [2.05, 4.69) is 4.98 Å². The fourth-order valence-electron chi connectivity index (χ4n) is 2.34. The van der Waals surface area contributed by atoms with E-state index < -0.39 is 4.92 Å². The number of benzene rings is 1. The predicted molar refractivity (Wildman–Crippen MR) is 76.2 cm³/mol. The maximum absolute atomic E-state index is 11.8. The summed E-state index contributed by atoms with van der Waals surface area (Å²) in [6.45, 7) is 1.89. The highest BCUT2D eigenvalue weighted by atomic mass is 32.1. The quantitative estimate of drug-likeness (QED) is 0.625. The molecule has 102 valence electrons. The van der Waals surface area contributed by atoms with Crippen LogP contribution < -0.4 is 0 Å². The third kappa shape index (κ3) is 2.12. The first kappa shape index (κ1) is 12.9. The van der Waals surface area contributed by atoms with Crippen molar-refractivity contribution in [2.45, 2.75) is 26.2 Å². The van der Waals surface area contributed by atoms with Crippen molar-refractivity contribution in [3.63, 3.8) is 0 Å². The molecule has 1 aliphatic rings. The topological polar surface area (TPSA) is 73.1 Å². The Kier molecular flexibility index (Phi) is 3.10. The summed E-state index contributed by atoms with van der Waals surface area (Å²) in [5, 5.41) is 11.6. The number of non-ortho nitro benzene ring substituents is 1. The highest BCUT2D eigenvalue weighted by Gasteiger charge is 2.23. The van der Waals surface area contributed by atoms with Gasteiger partial charge in [-0.1, -0.05) is 6.07 Å². The van der Waals surface area contributed by atoms with Crippen LogP contribution in [0.25, 0.3) is 10.6 Å². The second kappa shape index (κ2) is 4.79. The predicted octanol–water partition coefficient (Wildman–Crippen LogP) is 3.55. The summed E-state index contributed by atoms with van der Waals surface area (Å²) in [6.07, 6.45) is 2.28. The molecule has 1 aliphatic carbocycles. The van der Waals surface area contributed by atoms with Crippen LogP contribution in [-0.4, -0.2) is 15.7 Å². The first-order valence-corrected chi connectivity index (χ1v) is 7.16. The van der Waals surface area contributed by atoms with Crippen molar-refractivity contribution in [2.24, 2.45) is 0 Å². The minimum Gasteiger partial charge on any atom is -0.292 e. The minimum absolute atomic E-state index is 0.0464. The molecule has 1 aromatic heterocycles. The summed E-state index contributed by atoms with van der Waals surface area (Å²) in [7, 11) is 0. The van der Waals surface area contributed by atoms with Crippen molar-refractivity contribution in [3.8, 4) is 10.6 Å². The van der Waals surface area contributed by atoms with Crippen molar-refractivity contribution < 1.29 is 9.72 Å². The van der Waals surface area contributed by atoms with Gasteiger partial charge in [0.05, 0.1) is 4.92 Å². The van der Waals surface area contributed by atoms with Gasteiger partial charge in [0.15, 0.2) is 5.78 Å². The number of ketones is 1. The van der Waals surface area contributed by atoms with Gasteiger partial charge in [0, 0.05) is 29.0 Å². The van der Waals surface area contributed by atoms with E-state index in [-0.39, 0.29) is 11.5 Å². The molecule has 0 atom stereocenters. The number of nitro groups is 1. The van der Waals surface area contributed by atoms with Gasteiger partial charge in [0.2, 0.25) is 0 Å². The van der Waals surface area contributed by atoms with Crippen LogP contribution in [0.1, 0.15) is 33.8 Å². The third-order valence-corrected chi connectivity index (χ3v) is 4.58. The molecule has 1 heterocycles. The summed E-state index contributed by atoms with van der Waals surface area (Å²) in [6, 6.07) is 4.73. The zero-order chi connectivity index (χ0) is 14.3. The lowest BCUT2D eigenvalue weighted by atomic mass is 10.0. The number of hydrogen-bond acceptors (Lipinski definition) is 5. The van der Waals surface area contributed by atoms with Crippen LogP contribution in [0.5, 0.6) is 0 Å². The Morgan fingerprint density at radius 1 is 1.35 bits per heavy atom. The van der Waals surface area contributed by atoms with E-state index >= 15 is 0 Å². The molecule has 6 heteroatoms. The highest BCUT2D eigenvalue weighted by molar-refractivity contribution is 7.15. The molecule has 0 fully saturated rings. The van der Waals surface area contributed by atoms with Gasteiger partial charge < -0.3 is 0 Å². The van der Waals surface area contributed by atoms with E-state index in [1.165, 1.54) is 23.5 Å². The second-order valence-corrected chi connectivity index (χ2v) is 5.91. The molecule has 0 N–H and O–H groups in total. The van der Waals surface area contributed by atoms with Gasteiger partial charge in [-0.25, -0.2) is 4.98 Å². The maximum Gasteiger partial charge on any atom is 0.270 e. The van der Waals surface area contributed by atoms with Crippen molar-refractivity contribution in [1.82, 2.24) is 4.98 Å². The summed E-state index contributed by atoms with van der Waals surface area (Å²) in [5.41, 5.74) is 2.27. The van der Waals surface area contributed by atoms with Crippen LogP contribution in [0.2, 0.25) is 0 Å². The van der Waals surface area contributed by atoms with Crippen LogP contribution in [-0.2, 0) is 6.42 Å². The number of carbonyl (C=O) groups excluding carboxylic acids is 1. The van der Waals surface area contributed by atoms with Gasteiger partial charge in [-0.2, -0.15) is 0 Å². The summed E-state index contributed by atoms with van der Waals surface area (Å²) >= 11 is 1.47. The van der Waals surface area contributed by atoms with E-state index in [1.807, 2.05) is 6.92 Å². The molecule has 1 aromatic carbocycles. The van der Waals surface area contributed by atoms with Gasteiger partial charge in [0.1, 0.15) is 10.7 Å². The Morgan fingerprint density at radius 3 is 2.85 bits per heavy atom. The van der Waals surface area contributed by atoms with Crippen LogP contribution >= 0.6 is 11.3 Å². The molecule has 5 nitrogen and oxygen atoms in total. The number of thiazole rings is 1. The lowest BCUT2D eigenvalue weighted by Gasteiger charge is -2.06. The third-order valence-electron chi connectivity index (χ3n) is 3.43.